The van der Waals surface area contributed by atoms with Crippen molar-refractivity contribution in [2.75, 3.05) is 0 Å². The first-order chi connectivity index (χ1) is 43.4. The van der Waals surface area contributed by atoms with Crippen LogP contribution in [0.15, 0.2) is 206 Å². The minimum atomic E-state index is -0.560. The molecule has 4 heterocycles. The van der Waals surface area contributed by atoms with E-state index in [0.29, 0.717) is 55.6 Å². The van der Waals surface area contributed by atoms with Gasteiger partial charge in [0.2, 0.25) is 0 Å². The molecule has 0 radical (unpaired) electrons. The molecule has 0 atom stereocenters. The van der Waals surface area contributed by atoms with E-state index in [1.54, 1.807) is 30.5 Å². The van der Waals surface area contributed by atoms with Crippen LogP contribution < -0.4 is 9.30 Å². The number of pyridine rings is 1. The monoisotopic (exact) mass is 1230 g/mol. The molecule has 0 saturated carbocycles. The van der Waals surface area contributed by atoms with E-state index in [-0.39, 0.29) is 94.0 Å². The van der Waals surface area contributed by atoms with Crippen LogP contribution in [0.25, 0.3) is 99.8 Å². The van der Waals surface area contributed by atoms with Crippen molar-refractivity contribution >= 4 is 54.6 Å². The number of aromatic nitrogens is 5. The van der Waals surface area contributed by atoms with E-state index in [4.69, 9.17) is 19.3 Å². The molecule has 13 aromatic rings. The first-order valence-electron chi connectivity index (χ1n) is 32.9. The maximum absolute atomic E-state index is 9.54. The summed E-state index contributed by atoms with van der Waals surface area (Å²) in [6, 6.07) is 39.3. The Bertz CT molecular complexity index is 5160. The maximum atomic E-state index is 9.54. The van der Waals surface area contributed by atoms with E-state index < -0.39 is 66.5 Å². The molecule has 0 amide bonds. The Balaban J connectivity index is 0.00000832. The predicted octanol–water partition coefficient (Wildman–Crippen LogP) is 18.2. The van der Waals surface area contributed by atoms with E-state index in [2.05, 4.69) is 99.0 Å². The molecular weight excluding hydrogens is 1160 g/mol. The Labute approximate surface area is 502 Å². The van der Waals surface area contributed by atoms with Gasteiger partial charge in [-0.1, -0.05) is 219 Å². The van der Waals surface area contributed by atoms with E-state index in [1.165, 1.54) is 4.57 Å². The number of rotatable bonds is 9. The minimum absolute atomic E-state index is 0. The minimum Gasteiger partial charge on any atom is -0.510 e. The molecule has 4 aromatic heterocycles. The van der Waals surface area contributed by atoms with Crippen molar-refractivity contribution in [3.8, 4) is 56.6 Å². The number of benzene rings is 9. The molecule has 0 saturated heterocycles. The molecule has 0 unspecified atom stereocenters. The van der Waals surface area contributed by atoms with Crippen LogP contribution in [0.3, 0.4) is 0 Å². The average molecular weight is 1230 g/mol. The van der Waals surface area contributed by atoms with Gasteiger partial charge in [-0.3, -0.25) is 4.57 Å². The van der Waals surface area contributed by atoms with Gasteiger partial charge >= 0.3 is 0 Å². The second kappa shape index (κ2) is 20.1. The molecule has 0 fully saturated rings. The molecule has 13 rings (SSSR count). The fourth-order valence-corrected chi connectivity index (χ4v) is 10.8. The van der Waals surface area contributed by atoms with Crippen LogP contribution in [-0.2, 0) is 38.3 Å². The molecule has 7 heteroatoms. The van der Waals surface area contributed by atoms with E-state index in [0.717, 1.165) is 34.2 Å². The molecule has 0 aliphatic carbocycles. The molecule has 398 valence electrons. The number of para-hydroxylation sites is 6. The first-order valence-corrected chi connectivity index (χ1v) is 26.4. The van der Waals surface area contributed by atoms with Crippen molar-refractivity contribution in [1.29, 1.82) is 0 Å². The van der Waals surface area contributed by atoms with Crippen molar-refractivity contribution in [3.63, 3.8) is 0 Å². The van der Waals surface area contributed by atoms with Gasteiger partial charge < -0.3 is 18.4 Å². The van der Waals surface area contributed by atoms with Gasteiger partial charge in [-0.15, -0.1) is 24.3 Å². The van der Waals surface area contributed by atoms with Crippen LogP contribution in [0, 0.1) is 23.9 Å². The van der Waals surface area contributed by atoms with Gasteiger partial charge in [0.15, 0.2) is 0 Å². The Morgan fingerprint density at radius 1 is 0.550 bits per heavy atom. The quantitative estimate of drug-likeness (QED) is 0.107. The third-order valence-corrected chi connectivity index (χ3v) is 14.5. The standard InChI is InChI=1S/C73H63N5O.Pt/c1-71(2,3)46-48-37-38-74-68(39-48)78-63-34-18-15-29-60(63)69-66(77-61-32-16-13-27-58(61)59-28-14-17-33-62(59)77)44-55(45-67(69)78)79-54-26-21-25-53(43-54)75-47-76(65-36-20-19-35-64(65)75)70-56(49-23-11-10-12-24-49)30-22-31-57(70)50-40-51(72(4,5)6)42-52(41-50)73(7,8)9;/h10-42,44H,46H2,1-9H3;/q-2;/i10D,11D,12D,13D,14D,16D,17D,23D,24D,27D,28D,32D,33D;. The molecule has 0 aliphatic rings. The zero-order valence-corrected chi connectivity index (χ0v) is 48.1. The summed E-state index contributed by atoms with van der Waals surface area (Å²) in [5, 5.41) is 1.05. The van der Waals surface area contributed by atoms with E-state index >= 15 is 0 Å². The van der Waals surface area contributed by atoms with Crippen LogP contribution in [0.2, 0.25) is 0 Å². The SMILES string of the molecule is [2H]c1c([2H])c([2H])c(-c2cccc(-c3cc(C(C)(C)C)cc(C(C)(C)C)c3)c2-[n+]2[c-]n(-c3[c-]c(Oc4[c-]c5c(c(-n6c7c([2H])c([2H])c([2H])c([2H])c7c7c([2H])c([2H])c([2H])c([2H])c76)c4)c4ccccc4n5-c4cc(CC(C)(C)C)ccn4)ccc3)c3ccccc32)c([2H])c1[2H].[Pt]. The first kappa shape index (κ1) is 39.1. The Hall–Kier alpha value is -8.31. The van der Waals surface area contributed by atoms with Crippen LogP contribution in [0.4, 0.5) is 0 Å². The van der Waals surface area contributed by atoms with Gasteiger partial charge in [-0.05, 0) is 109 Å². The third-order valence-electron chi connectivity index (χ3n) is 14.5. The summed E-state index contributed by atoms with van der Waals surface area (Å²) in [6.07, 6.45) is 6.12. The molecule has 0 N–H and O–H groups in total. The largest absolute Gasteiger partial charge is 0.510 e. The van der Waals surface area contributed by atoms with Crippen molar-refractivity contribution < 1.29 is 48.2 Å². The molecule has 80 heavy (non-hydrogen) atoms. The summed E-state index contributed by atoms with van der Waals surface area (Å²) in [5.74, 6) is 0.857. The number of ether oxygens (including phenoxy) is 1. The topological polar surface area (TPSA) is 40.8 Å². The van der Waals surface area contributed by atoms with Crippen molar-refractivity contribution in [2.45, 2.75) is 79.6 Å². The Morgan fingerprint density at radius 2 is 1.18 bits per heavy atom. The fourth-order valence-electron chi connectivity index (χ4n) is 10.8. The van der Waals surface area contributed by atoms with E-state index in [9.17, 15) is 8.22 Å². The molecule has 0 bridgehead atoms. The second-order valence-electron chi connectivity index (χ2n) is 23.4. The Morgan fingerprint density at radius 3 is 1.86 bits per heavy atom. The van der Waals surface area contributed by atoms with Crippen molar-refractivity contribution in [2.24, 2.45) is 5.41 Å². The summed E-state index contributed by atoms with van der Waals surface area (Å²) < 4.78 is 132. The van der Waals surface area contributed by atoms with Gasteiger partial charge in [0, 0.05) is 55.1 Å². The Kier molecular flexibility index (Phi) is 9.83. The number of hydrogen-bond donors (Lipinski definition) is 0. The van der Waals surface area contributed by atoms with Gasteiger partial charge in [0.05, 0.1) is 45.6 Å². The van der Waals surface area contributed by atoms with Gasteiger partial charge in [0.25, 0.3) is 6.33 Å². The number of hydrogen-bond acceptors (Lipinski definition) is 2. The van der Waals surface area contributed by atoms with Crippen LogP contribution >= 0.6 is 0 Å². The summed E-state index contributed by atoms with van der Waals surface area (Å²) in [7, 11) is 0. The predicted molar refractivity (Wildman–Crippen MR) is 326 cm³/mol. The van der Waals surface area contributed by atoms with Crippen molar-refractivity contribution in [1.82, 2.24) is 18.7 Å². The molecule has 0 spiro atoms. The smallest absolute Gasteiger partial charge is 0.268 e. The molecular formula is C73H63N5OPt-2. The summed E-state index contributed by atoms with van der Waals surface area (Å²) >= 11 is 0. The van der Waals surface area contributed by atoms with Gasteiger partial charge in [-0.25, -0.2) is 4.98 Å². The van der Waals surface area contributed by atoms with Crippen LogP contribution in [0.5, 0.6) is 11.5 Å². The summed E-state index contributed by atoms with van der Waals surface area (Å²) in [5.41, 5.74) is 8.16. The number of fused-ring (bicyclic) bond motifs is 7. The molecule has 6 nitrogen and oxygen atoms in total. The second-order valence-corrected chi connectivity index (χ2v) is 23.4. The summed E-state index contributed by atoms with van der Waals surface area (Å²) in [4.78, 5) is 4.93. The maximum Gasteiger partial charge on any atom is 0.268 e. The van der Waals surface area contributed by atoms with Crippen LogP contribution in [-0.4, -0.2) is 18.7 Å². The average Bonchev–Trinajstić information content (AvgIpc) is 1.54. The molecule has 9 aromatic carbocycles. The molecule has 0 aliphatic heterocycles. The van der Waals surface area contributed by atoms with Crippen molar-refractivity contribution in [3.05, 3.63) is 241 Å². The summed E-state index contributed by atoms with van der Waals surface area (Å²) in [6.45, 7) is 19.5. The number of imidazole rings is 1. The van der Waals surface area contributed by atoms with Crippen LogP contribution in [0.1, 0.15) is 96.8 Å². The zero-order valence-electron chi connectivity index (χ0n) is 58.8. The van der Waals surface area contributed by atoms with Gasteiger partial charge in [0.1, 0.15) is 5.82 Å². The third kappa shape index (κ3) is 9.43. The zero-order chi connectivity index (χ0) is 65.7. The van der Waals surface area contributed by atoms with E-state index in [1.807, 2.05) is 92.6 Å². The number of nitrogens with zero attached hydrogens (tertiary/aromatic N) is 5. The normalized spacial score (nSPS) is 14.5. The van der Waals surface area contributed by atoms with Gasteiger partial charge in [-0.2, -0.15) is 12.1 Å². The fraction of sp³-hybridized carbons (Fsp3) is 0.178.